The fourth-order valence-electron chi connectivity index (χ4n) is 2.63. The van der Waals surface area contributed by atoms with E-state index in [2.05, 4.69) is 5.32 Å². The average Bonchev–Trinajstić information content (AvgIpc) is 2.35. The van der Waals surface area contributed by atoms with Gasteiger partial charge in [0, 0.05) is 6.42 Å². The molecule has 1 aliphatic rings. The van der Waals surface area contributed by atoms with Crippen LogP contribution in [0.2, 0.25) is 0 Å². The number of hydrogen-bond acceptors (Lipinski definition) is 4. The number of rotatable bonds is 8. The molecule has 5 nitrogen and oxygen atoms in total. The second kappa shape index (κ2) is 7.82. The van der Waals surface area contributed by atoms with E-state index >= 15 is 0 Å². The lowest BCUT2D eigenvalue weighted by atomic mass is 9.80. The first-order valence-corrected chi connectivity index (χ1v) is 7.22. The van der Waals surface area contributed by atoms with Crippen LogP contribution in [0.1, 0.15) is 46.5 Å². The van der Waals surface area contributed by atoms with Gasteiger partial charge < -0.3 is 19.9 Å². The number of aliphatic carboxylic acids is 1. The second-order valence-electron chi connectivity index (χ2n) is 5.43. The fourth-order valence-corrected chi connectivity index (χ4v) is 2.63. The van der Waals surface area contributed by atoms with Crippen molar-refractivity contribution in [3.8, 4) is 0 Å². The van der Waals surface area contributed by atoms with E-state index in [4.69, 9.17) is 9.47 Å². The number of carboxylic acid groups (broad SMARTS) is 1. The van der Waals surface area contributed by atoms with Crippen molar-refractivity contribution in [1.29, 1.82) is 0 Å². The standard InChI is InChI=1S/C14H27NO4/c1-4-15-14(13(16)17)7-5-6-12(10-14)19-9-8-18-11(2)3/h11-12,15H,4-10H2,1-3H3,(H,16,17). The lowest BCUT2D eigenvalue weighted by Gasteiger charge is -2.38. The van der Waals surface area contributed by atoms with Crippen molar-refractivity contribution in [3.63, 3.8) is 0 Å². The van der Waals surface area contributed by atoms with Crippen LogP contribution >= 0.6 is 0 Å². The number of hydrogen-bond donors (Lipinski definition) is 2. The molecule has 0 amide bonds. The number of nitrogens with one attached hydrogen (secondary N) is 1. The summed E-state index contributed by atoms with van der Waals surface area (Å²) >= 11 is 0. The largest absolute Gasteiger partial charge is 0.480 e. The first-order valence-electron chi connectivity index (χ1n) is 7.22. The Morgan fingerprint density at radius 1 is 1.47 bits per heavy atom. The van der Waals surface area contributed by atoms with Crippen molar-refractivity contribution in [2.75, 3.05) is 19.8 Å². The van der Waals surface area contributed by atoms with E-state index in [1.165, 1.54) is 0 Å². The van der Waals surface area contributed by atoms with Gasteiger partial charge in [0.1, 0.15) is 5.54 Å². The molecular formula is C14H27NO4. The molecule has 112 valence electrons. The summed E-state index contributed by atoms with van der Waals surface area (Å²) in [4.78, 5) is 11.5. The number of carbonyl (C=O) groups is 1. The third kappa shape index (κ3) is 5.09. The highest BCUT2D eigenvalue weighted by molar-refractivity contribution is 5.79. The average molecular weight is 273 g/mol. The molecule has 0 aromatic heterocycles. The minimum atomic E-state index is -0.809. The highest BCUT2D eigenvalue weighted by Crippen LogP contribution is 2.30. The highest BCUT2D eigenvalue weighted by Gasteiger charge is 2.42. The maximum atomic E-state index is 11.5. The molecule has 5 heteroatoms. The Morgan fingerprint density at radius 3 is 2.79 bits per heavy atom. The van der Waals surface area contributed by atoms with Gasteiger partial charge in [0.2, 0.25) is 0 Å². The smallest absolute Gasteiger partial charge is 0.323 e. The first kappa shape index (κ1) is 16.4. The van der Waals surface area contributed by atoms with Crippen molar-refractivity contribution in [2.45, 2.75) is 64.2 Å². The number of likely N-dealkylation sites (N-methyl/N-ethyl adjacent to an activating group) is 1. The molecule has 0 aromatic carbocycles. The van der Waals surface area contributed by atoms with Gasteiger partial charge in [0.15, 0.2) is 0 Å². The predicted octanol–water partition coefficient (Wildman–Crippen LogP) is 1.80. The van der Waals surface area contributed by atoms with Crippen LogP contribution in [0, 0.1) is 0 Å². The van der Waals surface area contributed by atoms with Crippen LogP contribution in [0.25, 0.3) is 0 Å². The lowest BCUT2D eigenvalue weighted by molar-refractivity contribution is -0.149. The van der Waals surface area contributed by atoms with E-state index in [-0.39, 0.29) is 12.2 Å². The van der Waals surface area contributed by atoms with Gasteiger partial charge in [-0.25, -0.2) is 0 Å². The van der Waals surface area contributed by atoms with Crippen molar-refractivity contribution >= 4 is 5.97 Å². The Hall–Kier alpha value is -0.650. The van der Waals surface area contributed by atoms with Crippen LogP contribution in [0.4, 0.5) is 0 Å². The Bertz CT molecular complexity index is 279. The summed E-state index contributed by atoms with van der Waals surface area (Å²) in [6.07, 6.45) is 3.25. The molecule has 0 aromatic rings. The van der Waals surface area contributed by atoms with E-state index in [0.29, 0.717) is 32.6 Å². The minimum absolute atomic E-state index is 0.0136. The summed E-state index contributed by atoms with van der Waals surface area (Å²) in [6, 6.07) is 0. The van der Waals surface area contributed by atoms with Gasteiger partial charge in [0.05, 0.1) is 25.4 Å². The topological polar surface area (TPSA) is 67.8 Å². The third-order valence-corrected chi connectivity index (χ3v) is 3.52. The maximum absolute atomic E-state index is 11.5. The van der Waals surface area contributed by atoms with Crippen LogP contribution < -0.4 is 5.32 Å². The second-order valence-corrected chi connectivity index (χ2v) is 5.43. The Balaban J connectivity index is 2.42. The lowest BCUT2D eigenvalue weighted by Crippen LogP contribution is -2.56. The summed E-state index contributed by atoms with van der Waals surface area (Å²) in [7, 11) is 0. The van der Waals surface area contributed by atoms with Crippen LogP contribution in [0.5, 0.6) is 0 Å². The van der Waals surface area contributed by atoms with Gasteiger partial charge in [-0.15, -0.1) is 0 Å². The molecule has 0 heterocycles. The van der Waals surface area contributed by atoms with Crippen molar-refractivity contribution in [1.82, 2.24) is 5.32 Å². The molecule has 2 unspecified atom stereocenters. The Kier molecular flexibility index (Phi) is 6.75. The molecule has 0 bridgehead atoms. The van der Waals surface area contributed by atoms with Gasteiger partial charge in [-0.2, -0.15) is 0 Å². The van der Waals surface area contributed by atoms with E-state index in [1.54, 1.807) is 0 Å². The fraction of sp³-hybridized carbons (Fsp3) is 0.929. The molecular weight excluding hydrogens is 246 g/mol. The number of carboxylic acids is 1. The molecule has 1 rings (SSSR count). The van der Waals surface area contributed by atoms with Crippen molar-refractivity contribution in [3.05, 3.63) is 0 Å². The molecule has 2 atom stereocenters. The molecule has 1 fully saturated rings. The molecule has 0 saturated heterocycles. The zero-order chi connectivity index (χ0) is 14.3. The first-order chi connectivity index (χ1) is 9.00. The van der Waals surface area contributed by atoms with E-state index < -0.39 is 11.5 Å². The molecule has 1 saturated carbocycles. The predicted molar refractivity (Wildman–Crippen MR) is 73.3 cm³/mol. The van der Waals surface area contributed by atoms with Gasteiger partial charge >= 0.3 is 5.97 Å². The van der Waals surface area contributed by atoms with E-state index in [0.717, 1.165) is 12.8 Å². The molecule has 2 N–H and O–H groups in total. The third-order valence-electron chi connectivity index (χ3n) is 3.52. The summed E-state index contributed by atoms with van der Waals surface area (Å²) < 4.78 is 11.2. The van der Waals surface area contributed by atoms with Gasteiger partial charge in [-0.3, -0.25) is 4.79 Å². The maximum Gasteiger partial charge on any atom is 0.323 e. The number of ether oxygens (including phenoxy) is 2. The van der Waals surface area contributed by atoms with Gasteiger partial charge in [0.25, 0.3) is 0 Å². The normalized spacial score (nSPS) is 27.7. The molecule has 1 aliphatic carbocycles. The zero-order valence-corrected chi connectivity index (χ0v) is 12.3. The molecule has 0 aliphatic heterocycles. The Labute approximate surface area is 115 Å². The molecule has 19 heavy (non-hydrogen) atoms. The monoisotopic (exact) mass is 273 g/mol. The van der Waals surface area contributed by atoms with Gasteiger partial charge in [-0.1, -0.05) is 6.92 Å². The van der Waals surface area contributed by atoms with Crippen LogP contribution in [0.15, 0.2) is 0 Å². The van der Waals surface area contributed by atoms with Crippen molar-refractivity contribution < 1.29 is 19.4 Å². The molecule has 0 radical (unpaired) electrons. The quantitative estimate of drug-likeness (QED) is 0.660. The summed E-state index contributed by atoms with van der Waals surface area (Å²) in [6.45, 7) is 7.67. The SMILES string of the molecule is CCNC1(C(=O)O)CCCC(OCCOC(C)C)C1. The van der Waals surface area contributed by atoms with Crippen LogP contribution in [-0.4, -0.2) is 48.6 Å². The summed E-state index contributed by atoms with van der Waals surface area (Å²) in [5.74, 6) is -0.763. The summed E-state index contributed by atoms with van der Waals surface area (Å²) in [5, 5.41) is 12.6. The van der Waals surface area contributed by atoms with Crippen LogP contribution in [-0.2, 0) is 14.3 Å². The minimum Gasteiger partial charge on any atom is -0.480 e. The van der Waals surface area contributed by atoms with Gasteiger partial charge in [-0.05, 0) is 39.7 Å². The van der Waals surface area contributed by atoms with E-state index in [1.807, 2.05) is 20.8 Å². The van der Waals surface area contributed by atoms with Crippen molar-refractivity contribution in [2.24, 2.45) is 0 Å². The van der Waals surface area contributed by atoms with E-state index in [9.17, 15) is 9.90 Å². The molecule has 0 spiro atoms. The van der Waals surface area contributed by atoms with Crippen LogP contribution in [0.3, 0.4) is 0 Å². The Morgan fingerprint density at radius 2 is 2.21 bits per heavy atom. The zero-order valence-electron chi connectivity index (χ0n) is 12.3. The summed E-state index contributed by atoms with van der Waals surface area (Å²) in [5.41, 5.74) is -0.809. The highest BCUT2D eigenvalue weighted by atomic mass is 16.5.